The number of nitrogens with zero attached hydrogens (tertiary/aromatic N) is 5. The lowest BCUT2D eigenvalue weighted by Gasteiger charge is -2.24. The second kappa shape index (κ2) is 6.92. The zero-order chi connectivity index (χ0) is 19.1. The maximum absolute atomic E-state index is 13.1. The molecule has 0 saturated carbocycles. The van der Waals surface area contributed by atoms with Crippen molar-refractivity contribution in [2.75, 3.05) is 0 Å². The summed E-state index contributed by atoms with van der Waals surface area (Å²) in [6, 6.07) is 13.9. The number of aromatic nitrogens is 5. The number of benzene rings is 2. The summed E-state index contributed by atoms with van der Waals surface area (Å²) in [5.74, 6) is 0.486. The zero-order valence-electron chi connectivity index (χ0n) is 14.4. The molecule has 3 heterocycles. The topological polar surface area (TPSA) is 78.9 Å². The van der Waals surface area contributed by atoms with Crippen molar-refractivity contribution in [3.8, 4) is 23.0 Å². The molecule has 2 aromatic heterocycles. The van der Waals surface area contributed by atoms with Crippen LogP contribution in [-0.2, 0) is 17.9 Å². The first-order valence-corrected chi connectivity index (χ1v) is 9.36. The van der Waals surface area contributed by atoms with Gasteiger partial charge in [0.2, 0.25) is 5.82 Å². The molecule has 28 heavy (non-hydrogen) atoms. The third-order valence-corrected chi connectivity index (χ3v) is 5.04. The highest BCUT2D eigenvalue weighted by molar-refractivity contribution is 9.10. The molecule has 0 saturated heterocycles. The average Bonchev–Trinajstić information content (AvgIpc) is 3.35. The second-order valence-electron chi connectivity index (χ2n) is 6.35. The fourth-order valence-corrected chi connectivity index (χ4v) is 3.52. The number of fused-ring (bicyclic) bond motifs is 1. The van der Waals surface area contributed by atoms with Gasteiger partial charge >= 0.3 is 0 Å². The molecule has 140 valence electrons. The normalized spacial score (nSPS) is 16.1. The molecule has 0 unspecified atom stereocenters. The molecule has 9 heteroatoms. The average molecular weight is 442 g/mol. The summed E-state index contributed by atoms with van der Waals surface area (Å²) in [6.07, 6.45) is -0.220. The molecule has 0 amide bonds. The Kier molecular flexibility index (Phi) is 4.25. The van der Waals surface area contributed by atoms with Crippen molar-refractivity contribution in [3.05, 3.63) is 70.1 Å². The molecule has 0 fully saturated rings. The van der Waals surface area contributed by atoms with Gasteiger partial charge in [0.15, 0.2) is 5.69 Å². The van der Waals surface area contributed by atoms with Crippen molar-refractivity contribution in [2.24, 2.45) is 0 Å². The summed E-state index contributed by atoms with van der Waals surface area (Å²) < 4.78 is 27.2. The Labute approximate surface area is 167 Å². The molecule has 2 aromatic carbocycles. The molecule has 5 rings (SSSR count). The van der Waals surface area contributed by atoms with E-state index in [1.54, 1.807) is 16.8 Å². The zero-order valence-corrected chi connectivity index (χ0v) is 16.0. The quantitative estimate of drug-likeness (QED) is 0.474. The van der Waals surface area contributed by atoms with Crippen LogP contribution in [0.15, 0.2) is 57.5 Å². The van der Waals surface area contributed by atoms with Crippen molar-refractivity contribution in [3.63, 3.8) is 0 Å². The van der Waals surface area contributed by atoms with E-state index in [1.807, 2.05) is 24.3 Å². The van der Waals surface area contributed by atoms with Crippen LogP contribution in [0, 0.1) is 5.82 Å². The van der Waals surface area contributed by atoms with E-state index < -0.39 is 0 Å². The van der Waals surface area contributed by atoms with Crippen LogP contribution in [0.2, 0.25) is 0 Å². The van der Waals surface area contributed by atoms with Crippen molar-refractivity contribution in [1.29, 1.82) is 0 Å². The van der Waals surface area contributed by atoms with Gasteiger partial charge in [0.1, 0.15) is 11.9 Å². The van der Waals surface area contributed by atoms with E-state index in [2.05, 4.69) is 36.4 Å². The van der Waals surface area contributed by atoms with E-state index in [4.69, 9.17) is 9.26 Å². The maximum atomic E-state index is 13.1. The summed E-state index contributed by atoms with van der Waals surface area (Å²) >= 11 is 3.43. The first kappa shape index (κ1) is 17.2. The minimum atomic E-state index is -0.277. The lowest BCUT2D eigenvalue weighted by Crippen LogP contribution is -2.22. The summed E-state index contributed by atoms with van der Waals surface area (Å²) in [7, 11) is 0. The lowest BCUT2D eigenvalue weighted by molar-refractivity contribution is -0.00120. The molecule has 1 atom stereocenters. The van der Waals surface area contributed by atoms with Crippen molar-refractivity contribution >= 4 is 15.9 Å². The fourth-order valence-electron chi connectivity index (χ4n) is 3.12. The van der Waals surface area contributed by atoms with E-state index in [-0.39, 0.29) is 11.9 Å². The van der Waals surface area contributed by atoms with Crippen molar-refractivity contribution in [2.45, 2.75) is 19.3 Å². The largest absolute Gasteiger partial charge is 0.365 e. The molecule has 7 nitrogen and oxygen atoms in total. The highest BCUT2D eigenvalue weighted by atomic mass is 79.9. The summed E-state index contributed by atoms with van der Waals surface area (Å²) in [6.45, 7) is 0.763. The van der Waals surface area contributed by atoms with Crippen LogP contribution in [0.3, 0.4) is 0 Å². The van der Waals surface area contributed by atoms with Gasteiger partial charge in [-0.2, -0.15) is 4.98 Å². The minimum Gasteiger partial charge on any atom is -0.365 e. The van der Waals surface area contributed by atoms with Crippen LogP contribution in [0.4, 0.5) is 4.39 Å². The Morgan fingerprint density at radius 2 is 2.00 bits per heavy atom. The van der Waals surface area contributed by atoms with Crippen LogP contribution < -0.4 is 0 Å². The number of hydrogen-bond acceptors (Lipinski definition) is 6. The Morgan fingerprint density at radius 1 is 1.14 bits per heavy atom. The molecular weight excluding hydrogens is 429 g/mol. The molecule has 4 aromatic rings. The predicted octanol–water partition coefficient (Wildman–Crippen LogP) is 4.17. The smallest absolute Gasteiger partial charge is 0.280 e. The van der Waals surface area contributed by atoms with Gasteiger partial charge in [-0.15, -0.1) is 5.10 Å². The SMILES string of the molecule is Fc1ccc([C@H]2Cn3nnc(-c4nc(-c5cccc(Br)c5)no4)c3CO2)cc1. The van der Waals surface area contributed by atoms with Crippen LogP contribution in [0.5, 0.6) is 0 Å². The minimum absolute atomic E-state index is 0.220. The Bertz CT molecular complexity index is 1140. The van der Waals surface area contributed by atoms with Gasteiger partial charge in [-0.3, -0.25) is 0 Å². The fraction of sp³-hybridized carbons (Fsp3) is 0.158. The van der Waals surface area contributed by atoms with Gasteiger partial charge in [0, 0.05) is 10.0 Å². The predicted molar refractivity (Wildman–Crippen MR) is 100 cm³/mol. The standard InChI is InChI=1S/C19H13BrFN5O2/c20-13-3-1-2-12(8-13)18-22-19(28-24-18)17-15-10-27-16(9-26(15)25-23-17)11-4-6-14(21)7-5-11/h1-8,16H,9-10H2/t16-/m1/s1. The molecule has 0 N–H and O–H groups in total. The van der Waals surface area contributed by atoms with Crippen LogP contribution in [0.1, 0.15) is 17.4 Å². The number of hydrogen-bond donors (Lipinski definition) is 0. The molecule has 0 bridgehead atoms. The Morgan fingerprint density at radius 3 is 2.82 bits per heavy atom. The number of ether oxygens (including phenoxy) is 1. The molecule has 0 aliphatic carbocycles. The van der Waals surface area contributed by atoms with E-state index in [0.717, 1.165) is 21.3 Å². The number of halogens is 2. The molecule has 1 aliphatic heterocycles. The van der Waals surface area contributed by atoms with Gasteiger partial charge < -0.3 is 9.26 Å². The van der Waals surface area contributed by atoms with Crippen molar-refractivity contribution < 1.29 is 13.7 Å². The van der Waals surface area contributed by atoms with Crippen LogP contribution in [-0.4, -0.2) is 25.1 Å². The van der Waals surface area contributed by atoms with Gasteiger partial charge in [-0.05, 0) is 29.8 Å². The highest BCUT2D eigenvalue weighted by Gasteiger charge is 2.28. The van der Waals surface area contributed by atoms with Crippen LogP contribution in [0.25, 0.3) is 23.0 Å². The first-order valence-electron chi connectivity index (χ1n) is 8.57. The Balaban J connectivity index is 1.42. The highest BCUT2D eigenvalue weighted by Crippen LogP contribution is 2.31. The third kappa shape index (κ3) is 3.12. The monoisotopic (exact) mass is 441 g/mol. The van der Waals surface area contributed by atoms with E-state index in [9.17, 15) is 4.39 Å². The molecule has 0 radical (unpaired) electrons. The summed E-state index contributed by atoms with van der Waals surface area (Å²) in [5, 5.41) is 12.4. The third-order valence-electron chi connectivity index (χ3n) is 4.55. The molecule has 1 aliphatic rings. The lowest BCUT2D eigenvalue weighted by atomic mass is 10.1. The van der Waals surface area contributed by atoms with Gasteiger partial charge in [0.05, 0.1) is 18.8 Å². The number of rotatable bonds is 3. The van der Waals surface area contributed by atoms with Gasteiger partial charge in [-0.25, -0.2) is 9.07 Å². The molecular formula is C19H13BrFN5O2. The summed E-state index contributed by atoms with van der Waals surface area (Å²) in [5.41, 5.74) is 2.99. The summed E-state index contributed by atoms with van der Waals surface area (Å²) in [4.78, 5) is 4.45. The van der Waals surface area contributed by atoms with E-state index in [0.29, 0.717) is 30.6 Å². The van der Waals surface area contributed by atoms with Gasteiger partial charge in [-0.1, -0.05) is 50.6 Å². The van der Waals surface area contributed by atoms with E-state index in [1.165, 1.54) is 12.1 Å². The van der Waals surface area contributed by atoms with Crippen molar-refractivity contribution in [1.82, 2.24) is 25.1 Å². The second-order valence-corrected chi connectivity index (χ2v) is 7.27. The first-order chi connectivity index (χ1) is 13.7. The Hall–Kier alpha value is -2.91. The molecule has 0 spiro atoms. The maximum Gasteiger partial charge on any atom is 0.280 e. The van der Waals surface area contributed by atoms with Crippen LogP contribution >= 0.6 is 15.9 Å². The van der Waals surface area contributed by atoms with Gasteiger partial charge in [0.25, 0.3) is 5.89 Å². The van der Waals surface area contributed by atoms with E-state index >= 15 is 0 Å².